The highest BCUT2D eigenvalue weighted by Crippen LogP contribution is 2.21. The Morgan fingerprint density at radius 2 is 2.05 bits per heavy atom. The zero-order valence-electron chi connectivity index (χ0n) is 12.6. The summed E-state index contributed by atoms with van der Waals surface area (Å²) in [5.74, 6) is -1.31. The van der Waals surface area contributed by atoms with Gasteiger partial charge in [-0.2, -0.15) is 0 Å². The van der Waals surface area contributed by atoms with Crippen LogP contribution in [0.2, 0.25) is 0 Å². The van der Waals surface area contributed by atoms with Crippen molar-refractivity contribution in [2.45, 2.75) is 18.9 Å². The molecule has 1 aliphatic rings. The first-order valence-electron chi connectivity index (χ1n) is 7.02. The van der Waals surface area contributed by atoms with Crippen molar-refractivity contribution in [3.8, 4) is 0 Å². The monoisotopic (exact) mass is 305 g/mol. The van der Waals surface area contributed by atoms with Crippen LogP contribution in [0.5, 0.6) is 0 Å². The molecule has 1 fully saturated rings. The second-order valence-electron chi connectivity index (χ2n) is 5.40. The maximum absolute atomic E-state index is 12.5. The average molecular weight is 305 g/mol. The number of rotatable bonds is 3. The lowest BCUT2D eigenvalue weighted by Gasteiger charge is -2.21. The number of nitrogens with one attached hydrogen (secondary N) is 1. The number of likely N-dealkylation sites (tertiary alicyclic amines) is 1. The van der Waals surface area contributed by atoms with E-state index >= 15 is 0 Å². The van der Waals surface area contributed by atoms with E-state index in [-0.39, 0.29) is 11.9 Å². The van der Waals surface area contributed by atoms with Crippen molar-refractivity contribution >= 4 is 23.6 Å². The number of carboxylic acids is 1. The zero-order chi connectivity index (χ0) is 16.3. The molecule has 0 spiro atoms. The second kappa shape index (κ2) is 6.46. The number of urea groups is 1. The number of amides is 3. The van der Waals surface area contributed by atoms with Gasteiger partial charge in [0.15, 0.2) is 0 Å². The molecule has 1 saturated heterocycles. The van der Waals surface area contributed by atoms with Crippen LogP contribution in [-0.4, -0.2) is 59.5 Å². The standard InChI is InChI=1S/C15H19N3O4/c1-17(2)15(22)16-11-6-3-5-10(9-11)13(19)18-8-4-7-12(18)14(20)21/h3,5-6,9,12H,4,7-8H2,1-2H3,(H,16,22)(H,20,21)/t12-/m1/s1. The maximum Gasteiger partial charge on any atom is 0.326 e. The van der Waals surface area contributed by atoms with E-state index in [4.69, 9.17) is 5.11 Å². The summed E-state index contributed by atoms with van der Waals surface area (Å²) in [6.07, 6.45) is 1.15. The van der Waals surface area contributed by atoms with Gasteiger partial charge in [0.25, 0.3) is 5.91 Å². The van der Waals surface area contributed by atoms with Crippen molar-refractivity contribution in [3.63, 3.8) is 0 Å². The van der Waals surface area contributed by atoms with Gasteiger partial charge < -0.3 is 20.2 Å². The summed E-state index contributed by atoms with van der Waals surface area (Å²) in [6.45, 7) is 0.435. The van der Waals surface area contributed by atoms with Crippen LogP contribution < -0.4 is 5.32 Å². The molecule has 0 radical (unpaired) electrons. The number of carboxylic acid groups (broad SMARTS) is 1. The summed E-state index contributed by atoms with van der Waals surface area (Å²) in [6, 6.07) is 5.44. The Bertz CT molecular complexity index is 600. The number of hydrogen-bond donors (Lipinski definition) is 2. The van der Waals surface area contributed by atoms with Gasteiger partial charge in [-0.15, -0.1) is 0 Å². The van der Waals surface area contributed by atoms with Crippen LogP contribution in [0, 0.1) is 0 Å². The Labute approximate surface area is 128 Å². The summed E-state index contributed by atoms with van der Waals surface area (Å²) in [4.78, 5) is 38.0. The lowest BCUT2D eigenvalue weighted by atomic mass is 10.1. The van der Waals surface area contributed by atoms with E-state index < -0.39 is 12.0 Å². The Hall–Kier alpha value is -2.57. The summed E-state index contributed by atoms with van der Waals surface area (Å²) < 4.78 is 0. The third-order valence-electron chi connectivity index (χ3n) is 3.57. The fourth-order valence-corrected chi connectivity index (χ4v) is 2.40. The van der Waals surface area contributed by atoms with Gasteiger partial charge in [0.05, 0.1) is 0 Å². The Morgan fingerprint density at radius 1 is 1.32 bits per heavy atom. The van der Waals surface area contributed by atoms with Gasteiger partial charge in [-0.3, -0.25) is 4.79 Å². The number of nitrogens with zero attached hydrogens (tertiary/aromatic N) is 2. The topological polar surface area (TPSA) is 90.0 Å². The first-order valence-corrected chi connectivity index (χ1v) is 7.02. The maximum atomic E-state index is 12.5. The smallest absolute Gasteiger partial charge is 0.326 e. The molecule has 0 bridgehead atoms. The van der Waals surface area contributed by atoms with Crippen LogP contribution in [0.4, 0.5) is 10.5 Å². The van der Waals surface area contributed by atoms with Crippen LogP contribution in [-0.2, 0) is 4.79 Å². The molecule has 0 aromatic heterocycles. The van der Waals surface area contributed by atoms with Gasteiger partial charge >= 0.3 is 12.0 Å². The van der Waals surface area contributed by atoms with E-state index in [0.29, 0.717) is 30.6 Å². The molecule has 0 aliphatic carbocycles. The van der Waals surface area contributed by atoms with Crippen LogP contribution in [0.1, 0.15) is 23.2 Å². The summed E-state index contributed by atoms with van der Waals surface area (Å²) in [7, 11) is 3.23. The first kappa shape index (κ1) is 15.8. The molecule has 1 atom stereocenters. The molecule has 22 heavy (non-hydrogen) atoms. The Balaban J connectivity index is 2.17. The molecule has 1 aromatic carbocycles. The highest BCUT2D eigenvalue weighted by molar-refractivity contribution is 5.98. The predicted molar refractivity (Wildman–Crippen MR) is 80.8 cm³/mol. The fraction of sp³-hybridized carbons (Fsp3) is 0.400. The van der Waals surface area contributed by atoms with E-state index in [1.54, 1.807) is 38.4 Å². The number of carbonyl (C=O) groups is 3. The summed E-state index contributed by atoms with van der Waals surface area (Å²) in [5, 5.41) is 11.8. The molecule has 7 nitrogen and oxygen atoms in total. The first-order chi connectivity index (χ1) is 10.4. The molecule has 118 valence electrons. The number of carbonyl (C=O) groups excluding carboxylic acids is 2. The number of benzene rings is 1. The van der Waals surface area contributed by atoms with Gasteiger partial charge in [0, 0.05) is 31.9 Å². The largest absolute Gasteiger partial charge is 0.480 e. The van der Waals surface area contributed by atoms with Gasteiger partial charge in [0.1, 0.15) is 6.04 Å². The van der Waals surface area contributed by atoms with E-state index in [1.165, 1.54) is 9.80 Å². The lowest BCUT2D eigenvalue weighted by Crippen LogP contribution is -2.40. The fourth-order valence-electron chi connectivity index (χ4n) is 2.40. The van der Waals surface area contributed by atoms with E-state index in [9.17, 15) is 14.4 Å². The molecule has 2 N–H and O–H groups in total. The SMILES string of the molecule is CN(C)C(=O)Nc1cccc(C(=O)N2CCC[C@@H]2C(=O)O)c1. The van der Waals surface area contributed by atoms with Gasteiger partial charge in [0.2, 0.25) is 0 Å². The second-order valence-corrected chi connectivity index (χ2v) is 5.40. The molecular weight excluding hydrogens is 286 g/mol. The minimum Gasteiger partial charge on any atom is -0.480 e. The lowest BCUT2D eigenvalue weighted by molar-refractivity contribution is -0.141. The van der Waals surface area contributed by atoms with Crippen molar-refractivity contribution in [1.29, 1.82) is 0 Å². The summed E-state index contributed by atoms with van der Waals surface area (Å²) in [5.41, 5.74) is 0.861. The van der Waals surface area contributed by atoms with Crippen LogP contribution >= 0.6 is 0 Å². The average Bonchev–Trinajstić information content (AvgIpc) is 2.96. The molecule has 2 rings (SSSR count). The number of anilines is 1. The van der Waals surface area contributed by atoms with Crippen molar-refractivity contribution in [3.05, 3.63) is 29.8 Å². The number of hydrogen-bond acceptors (Lipinski definition) is 3. The third-order valence-corrected chi connectivity index (χ3v) is 3.57. The molecule has 1 aromatic rings. The van der Waals surface area contributed by atoms with Gasteiger partial charge in [-0.05, 0) is 31.0 Å². The molecule has 0 unspecified atom stereocenters. The molecular formula is C15H19N3O4. The molecule has 1 heterocycles. The van der Waals surface area contributed by atoms with Gasteiger partial charge in [-0.1, -0.05) is 6.07 Å². The normalized spacial score (nSPS) is 17.2. The molecule has 1 aliphatic heterocycles. The van der Waals surface area contributed by atoms with Crippen LogP contribution in [0.25, 0.3) is 0 Å². The summed E-state index contributed by atoms with van der Waals surface area (Å²) >= 11 is 0. The van der Waals surface area contributed by atoms with Crippen molar-refractivity contribution in [1.82, 2.24) is 9.80 Å². The molecule has 3 amide bonds. The molecule has 7 heteroatoms. The van der Waals surface area contributed by atoms with Crippen molar-refractivity contribution < 1.29 is 19.5 Å². The van der Waals surface area contributed by atoms with E-state index in [2.05, 4.69) is 5.32 Å². The van der Waals surface area contributed by atoms with Crippen molar-refractivity contribution in [2.75, 3.05) is 26.0 Å². The highest BCUT2D eigenvalue weighted by Gasteiger charge is 2.34. The van der Waals surface area contributed by atoms with Crippen LogP contribution in [0.3, 0.4) is 0 Å². The van der Waals surface area contributed by atoms with E-state index in [0.717, 1.165) is 0 Å². The Morgan fingerprint density at radius 3 is 2.68 bits per heavy atom. The van der Waals surface area contributed by atoms with Crippen LogP contribution in [0.15, 0.2) is 24.3 Å². The minimum absolute atomic E-state index is 0.297. The zero-order valence-corrected chi connectivity index (χ0v) is 12.6. The highest BCUT2D eigenvalue weighted by atomic mass is 16.4. The van der Waals surface area contributed by atoms with Gasteiger partial charge in [-0.25, -0.2) is 9.59 Å². The van der Waals surface area contributed by atoms with E-state index in [1.807, 2.05) is 0 Å². The quantitative estimate of drug-likeness (QED) is 0.885. The number of aliphatic carboxylic acids is 1. The van der Waals surface area contributed by atoms with Crippen molar-refractivity contribution in [2.24, 2.45) is 0 Å². The molecule has 0 saturated carbocycles. The third kappa shape index (κ3) is 3.36. The minimum atomic E-state index is -0.983. The predicted octanol–water partition coefficient (Wildman–Crippen LogP) is 1.47. The Kier molecular flexibility index (Phi) is 4.65.